The van der Waals surface area contributed by atoms with Crippen molar-refractivity contribution in [3.8, 4) is 0 Å². The van der Waals surface area contributed by atoms with E-state index in [0.717, 1.165) is 37.4 Å². The van der Waals surface area contributed by atoms with Crippen LogP contribution in [0.5, 0.6) is 0 Å². The zero-order chi connectivity index (χ0) is 18.8. The monoisotopic (exact) mass is 379 g/mol. The van der Waals surface area contributed by atoms with Crippen LogP contribution in [0.4, 0.5) is 5.95 Å². The molecule has 5 rings (SSSR count). The van der Waals surface area contributed by atoms with Gasteiger partial charge in [-0.2, -0.15) is 0 Å². The van der Waals surface area contributed by atoms with E-state index in [9.17, 15) is 0 Å². The number of tetrazole rings is 1. The first-order valence-electron chi connectivity index (χ1n) is 11.4. The third kappa shape index (κ3) is 3.81. The highest BCUT2D eigenvalue weighted by atomic mass is 15.6. The Morgan fingerprint density at radius 2 is 1.93 bits per heavy atom. The minimum atomic E-state index is 0.658. The first-order chi connectivity index (χ1) is 13.8. The molecule has 2 aliphatic carbocycles. The van der Waals surface area contributed by atoms with Crippen LogP contribution in [0.1, 0.15) is 63.4 Å². The summed E-state index contributed by atoms with van der Waals surface area (Å²) in [5, 5.41) is 12.9. The molecule has 2 saturated carbocycles. The lowest BCUT2D eigenvalue weighted by atomic mass is 9.92. The zero-order valence-corrected chi connectivity index (χ0v) is 17.0. The molecule has 5 nitrogen and oxygen atoms in total. The lowest BCUT2D eigenvalue weighted by molar-refractivity contribution is 0.302. The van der Waals surface area contributed by atoms with Gasteiger partial charge in [0, 0.05) is 19.6 Å². The van der Waals surface area contributed by atoms with Crippen LogP contribution in [0.15, 0.2) is 30.3 Å². The van der Waals surface area contributed by atoms with Crippen molar-refractivity contribution in [2.75, 3.05) is 18.0 Å². The summed E-state index contributed by atoms with van der Waals surface area (Å²) in [5.41, 5.74) is 2.12. The minimum absolute atomic E-state index is 0.658. The highest BCUT2D eigenvalue weighted by molar-refractivity contribution is 5.29. The van der Waals surface area contributed by atoms with Gasteiger partial charge in [0.15, 0.2) is 0 Å². The van der Waals surface area contributed by atoms with Gasteiger partial charge in [-0.05, 0) is 91.0 Å². The van der Waals surface area contributed by atoms with Crippen molar-refractivity contribution < 1.29 is 0 Å². The number of piperidine rings is 1. The molecule has 2 unspecified atom stereocenters. The highest BCUT2D eigenvalue weighted by Crippen LogP contribution is 2.61. The molecule has 1 spiro atoms. The Morgan fingerprint density at radius 1 is 1.04 bits per heavy atom. The van der Waals surface area contributed by atoms with Crippen LogP contribution in [0, 0.1) is 17.3 Å². The molecule has 0 bridgehead atoms. The summed E-state index contributed by atoms with van der Waals surface area (Å²) < 4.78 is 2.13. The number of hydrogen-bond acceptors (Lipinski definition) is 4. The molecule has 0 amide bonds. The molecule has 0 radical (unpaired) electrons. The van der Waals surface area contributed by atoms with E-state index >= 15 is 0 Å². The van der Waals surface area contributed by atoms with Gasteiger partial charge < -0.3 is 4.90 Å². The maximum absolute atomic E-state index is 4.44. The number of anilines is 1. The molecule has 3 aliphatic rings. The van der Waals surface area contributed by atoms with Gasteiger partial charge in [0.2, 0.25) is 5.95 Å². The molecule has 150 valence electrons. The van der Waals surface area contributed by atoms with Crippen LogP contribution < -0.4 is 4.90 Å². The van der Waals surface area contributed by atoms with Gasteiger partial charge in [0.25, 0.3) is 0 Å². The van der Waals surface area contributed by atoms with E-state index in [1.165, 1.54) is 69.8 Å². The van der Waals surface area contributed by atoms with E-state index in [1.807, 2.05) is 0 Å². The van der Waals surface area contributed by atoms with Crippen molar-refractivity contribution in [3.05, 3.63) is 35.9 Å². The van der Waals surface area contributed by atoms with Crippen LogP contribution in [0.3, 0.4) is 0 Å². The number of rotatable bonds is 7. The number of nitrogens with zero attached hydrogens (tertiary/aromatic N) is 5. The van der Waals surface area contributed by atoms with Crippen molar-refractivity contribution in [1.29, 1.82) is 0 Å². The molecule has 3 fully saturated rings. The van der Waals surface area contributed by atoms with E-state index in [1.54, 1.807) is 0 Å². The summed E-state index contributed by atoms with van der Waals surface area (Å²) in [7, 11) is 0. The summed E-state index contributed by atoms with van der Waals surface area (Å²) in [6.07, 6.45) is 13.4. The van der Waals surface area contributed by atoms with E-state index in [4.69, 9.17) is 0 Å². The van der Waals surface area contributed by atoms with E-state index in [-0.39, 0.29) is 0 Å². The van der Waals surface area contributed by atoms with E-state index in [0.29, 0.717) is 5.41 Å². The number of hydrogen-bond donors (Lipinski definition) is 0. The predicted molar refractivity (Wildman–Crippen MR) is 111 cm³/mol. The largest absolute Gasteiger partial charge is 0.339 e. The molecular weight excluding hydrogens is 346 g/mol. The Bertz CT molecular complexity index is 766. The SMILES string of the molecule is c1ccc(CCCC2CCCN(c3nnnn3CC3CCCC34CC4)C2)cc1. The van der Waals surface area contributed by atoms with Gasteiger partial charge in [-0.15, -0.1) is 0 Å². The maximum atomic E-state index is 4.44. The minimum Gasteiger partial charge on any atom is -0.339 e. The first-order valence-corrected chi connectivity index (χ1v) is 11.4. The Labute approximate surface area is 168 Å². The fourth-order valence-electron chi connectivity index (χ4n) is 5.79. The molecule has 5 heteroatoms. The molecule has 2 atom stereocenters. The Hall–Kier alpha value is -1.91. The Morgan fingerprint density at radius 3 is 2.79 bits per heavy atom. The highest BCUT2D eigenvalue weighted by Gasteiger charge is 2.51. The maximum Gasteiger partial charge on any atom is 0.245 e. The number of benzene rings is 1. The predicted octanol–water partition coefficient (Wildman–Crippen LogP) is 4.49. The normalized spacial score (nSPS) is 26.1. The van der Waals surface area contributed by atoms with Crippen LogP contribution in [0.25, 0.3) is 0 Å². The van der Waals surface area contributed by atoms with Crippen LogP contribution in [-0.2, 0) is 13.0 Å². The second kappa shape index (κ2) is 7.84. The van der Waals surface area contributed by atoms with Gasteiger partial charge in [0.05, 0.1) is 0 Å². The summed E-state index contributed by atoms with van der Waals surface area (Å²) in [4.78, 5) is 2.46. The van der Waals surface area contributed by atoms with Gasteiger partial charge in [-0.3, -0.25) is 0 Å². The molecule has 2 aromatic rings. The standard InChI is InChI=1S/C23H33N5/c1-2-7-19(8-3-1)9-4-10-20-11-6-16-27(17-20)22-24-25-26-28(22)18-21-12-5-13-23(21)14-15-23/h1-3,7-8,20-21H,4-6,9-18H2. The first kappa shape index (κ1) is 18.1. The average molecular weight is 380 g/mol. The molecule has 1 aromatic carbocycles. The molecule has 1 aromatic heterocycles. The van der Waals surface area contributed by atoms with Crippen molar-refractivity contribution in [3.63, 3.8) is 0 Å². The number of aryl methyl sites for hydroxylation is 1. The summed E-state index contributed by atoms with van der Waals surface area (Å²) in [5.74, 6) is 2.58. The van der Waals surface area contributed by atoms with Crippen molar-refractivity contribution in [1.82, 2.24) is 20.2 Å². The second-order valence-electron chi connectivity index (χ2n) is 9.44. The fourth-order valence-corrected chi connectivity index (χ4v) is 5.79. The van der Waals surface area contributed by atoms with Gasteiger partial charge >= 0.3 is 0 Å². The molecular formula is C23H33N5. The molecule has 2 heterocycles. The van der Waals surface area contributed by atoms with E-state index in [2.05, 4.69) is 55.4 Å². The third-order valence-electron chi connectivity index (χ3n) is 7.61. The molecule has 0 N–H and O–H groups in total. The smallest absolute Gasteiger partial charge is 0.245 e. The fraction of sp³-hybridized carbons (Fsp3) is 0.696. The average Bonchev–Trinajstić information content (AvgIpc) is 3.18. The molecule has 28 heavy (non-hydrogen) atoms. The Kier molecular flexibility index (Phi) is 5.08. The van der Waals surface area contributed by atoms with Crippen LogP contribution in [-0.4, -0.2) is 33.3 Å². The van der Waals surface area contributed by atoms with Crippen molar-refractivity contribution in [2.45, 2.75) is 70.8 Å². The zero-order valence-electron chi connectivity index (χ0n) is 17.0. The third-order valence-corrected chi connectivity index (χ3v) is 7.61. The number of aromatic nitrogens is 4. The van der Waals surface area contributed by atoms with Crippen molar-refractivity contribution in [2.24, 2.45) is 17.3 Å². The van der Waals surface area contributed by atoms with Crippen molar-refractivity contribution >= 4 is 5.95 Å². The second-order valence-corrected chi connectivity index (χ2v) is 9.44. The lowest BCUT2D eigenvalue weighted by Crippen LogP contribution is -2.37. The summed E-state index contributed by atoms with van der Waals surface area (Å²) in [6.45, 7) is 3.24. The topological polar surface area (TPSA) is 46.8 Å². The summed E-state index contributed by atoms with van der Waals surface area (Å²) >= 11 is 0. The molecule has 1 aliphatic heterocycles. The Balaban J connectivity index is 1.17. The molecule has 1 saturated heterocycles. The van der Waals surface area contributed by atoms with E-state index < -0.39 is 0 Å². The van der Waals surface area contributed by atoms with Gasteiger partial charge in [-0.1, -0.05) is 41.9 Å². The van der Waals surface area contributed by atoms with Gasteiger partial charge in [0.1, 0.15) is 0 Å². The summed E-state index contributed by atoms with van der Waals surface area (Å²) in [6, 6.07) is 10.9. The quantitative estimate of drug-likeness (QED) is 0.711. The van der Waals surface area contributed by atoms with Crippen LogP contribution in [0.2, 0.25) is 0 Å². The van der Waals surface area contributed by atoms with Crippen LogP contribution >= 0.6 is 0 Å². The lowest BCUT2D eigenvalue weighted by Gasteiger charge is -2.33. The van der Waals surface area contributed by atoms with Gasteiger partial charge in [-0.25, -0.2) is 4.68 Å².